The van der Waals surface area contributed by atoms with Gasteiger partial charge in [-0.15, -0.1) is 24.8 Å². The highest BCUT2D eigenvalue weighted by atomic mass is 35.5. The third kappa shape index (κ3) is 4.04. The Balaban J connectivity index is 0.00000121. The van der Waals surface area contributed by atoms with Crippen LogP contribution in [0.2, 0.25) is 0 Å². The Morgan fingerprint density at radius 1 is 1.08 bits per heavy atom. The fourth-order valence-corrected chi connectivity index (χ4v) is 5.07. The van der Waals surface area contributed by atoms with Crippen LogP contribution in [0.5, 0.6) is 0 Å². The van der Waals surface area contributed by atoms with Gasteiger partial charge in [0, 0.05) is 38.8 Å². The Kier molecular flexibility index (Phi) is 7.37. The molecule has 6 heteroatoms. The quantitative estimate of drug-likeness (QED) is 0.849. The molecular formula is C20H31Cl2N3O. The smallest absolute Gasteiger partial charge is 0.227 e. The minimum absolute atomic E-state index is 0. The summed E-state index contributed by atoms with van der Waals surface area (Å²) in [5.74, 6) is 1.60. The number of rotatable bonds is 3. The minimum atomic E-state index is 0. The Morgan fingerprint density at radius 2 is 1.73 bits per heavy atom. The van der Waals surface area contributed by atoms with Crippen molar-refractivity contribution in [1.29, 1.82) is 0 Å². The highest BCUT2D eigenvalue weighted by Crippen LogP contribution is 2.48. The normalized spacial score (nSPS) is 30.6. The van der Waals surface area contributed by atoms with E-state index in [1.807, 2.05) is 0 Å². The SMILES string of the molecule is Cc1ccccc1CN1CCN(C(=O)C2C3CCC(C3)C2N)CC1.Cl.Cl. The largest absolute Gasteiger partial charge is 0.340 e. The van der Waals surface area contributed by atoms with Gasteiger partial charge in [-0.2, -0.15) is 0 Å². The summed E-state index contributed by atoms with van der Waals surface area (Å²) in [5, 5.41) is 0. The van der Waals surface area contributed by atoms with Crippen molar-refractivity contribution in [1.82, 2.24) is 9.80 Å². The number of hydrogen-bond acceptors (Lipinski definition) is 3. The summed E-state index contributed by atoms with van der Waals surface area (Å²) >= 11 is 0. The molecule has 1 aromatic rings. The lowest BCUT2D eigenvalue weighted by atomic mass is 9.84. The number of benzene rings is 1. The van der Waals surface area contributed by atoms with Crippen molar-refractivity contribution >= 4 is 30.7 Å². The number of aryl methyl sites for hydroxylation is 1. The van der Waals surface area contributed by atoms with Crippen LogP contribution in [0.15, 0.2) is 24.3 Å². The average Bonchev–Trinajstić information content (AvgIpc) is 3.18. The zero-order valence-corrected chi connectivity index (χ0v) is 17.1. The minimum Gasteiger partial charge on any atom is -0.340 e. The molecule has 1 aliphatic heterocycles. The van der Waals surface area contributed by atoms with E-state index in [2.05, 4.69) is 41.0 Å². The zero-order chi connectivity index (χ0) is 16.7. The molecule has 0 radical (unpaired) electrons. The van der Waals surface area contributed by atoms with Crippen LogP contribution in [-0.4, -0.2) is 47.9 Å². The molecule has 4 nitrogen and oxygen atoms in total. The van der Waals surface area contributed by atoms with Gasteiger partial charge >= 0.3 is 0 Å². The van der Waals surface area contributed by atoms with Crippen LogP contribution in [0, 0.1) is 24.7 Å². The fourth-order valence-electron chi connectivity index (χ4n) is 5.07. The zero-order valence-electron chi connectivity index (χ0n) is 15.5. The monoisotopic (exact) mass is 399 g/mol. The second-order valence-corrected chi connectivity index (χ2v) is 7.96. The lowest BCUT2D eigenvalue weighted by Gasteiger charge is -2.38. The van der Waals surface area contributed by atoms with Crippen LogP contribution in [-0.2, 0) is 11.3 Å². The van der Waals surface area contributed by atoms with E-state index in [-0.39, 0.29) is 36.8 Å². The van der Waals surface area contributed by atoms with Gasteiger partial charge < -0.3 is 10.6 Å². The van der Waals surface area contributed by atoms with Crippen molar-refractivity contribution in [2.45, 2.75) is 38.8 Å². The Morgan fingerprint density at radius 3 is 2.35 bits per heavy atom. The highest BCUT2D eigenvalue weighted by molar-refractivity contribution is 5.85. The highest BCUT2D eigenvalue weighted by Gasteiger charge is 2.50. The molecule has 26 heavy (non-hydrogen) atoms. The van der Waals surface area contributed by atoms with E-state index in [4.69, 9.17) is 5.73 Å². The van der Waals surface area contributed by atoms with Crippen LogP contribution in [0.3, 0.4) is 0 Å². The first-order valence-corrected chi connectivity index (χ1v) is 9.44. The summed E-state index contributed by atoms with van der Waals surface area (Å²) in [6, 6.07) is 8.69. The summed E-state index contributed by atoms with van der Waals surface area (Å²) in [5.41, 5.74) is 9.11. The molecule has 3 fully saturated rings. The molecule has 4 atom stereocenters. The molecule has 1 amide bonds. The van der Waals surface area contributed by atoms with E-state index in [1.54, 1.807) is 0 Å². The number of nitrogens with two attached hydrogens (primary N) is 1. The number of amides is 1. The Bertz CT molecular complexity index is 617. The molecule has 4 rings (SSSR count). The summed E-state index contributed by atoms with van der Waals surface area (Å²) in [6.07, 6.45) is 3.63. The molecule has 1 saturated heterocycles. The van der Waals surface area contributed by atoms with E-state index < -0.39 is 0 Å². The summed E-state index contributed by atoms with van der Waals surface area (Å²) < 4.78 is 0. The molecule has 0 spiro atoms. The van der Waals surface area contributed by atoms with Crippen molar-refractivity contribution in [3.05, 3.63) is 35.4 Å². The number of carbonyl (C=O) groups is 1. The molecule has 1 aromatic carbocycles. The number of hydrogen-bond donors (Lipinski definition) is 1. The second-order valence-electron chi connectivity index (χ2n) is 7.96. The van der Waals surface area contributed by atoms with E-state index >= 15 is 0 Å². The van der Waals surface area contributed by atoms with Crippen molar-refractivity contribution in [3.63, 3.8) is 0 Å². The lowest BCUT2D eigenvalue weighted by Crippen LogP contribution is -2.53. The summed E-state index contributed by atoms with van der Waals surface area (Å²) in [6.45, 7) is 6.80. The third-order valence-electron chi connectivity index (χ3n) is 6.60. The summed E-state index contributed by atoms with van der Waals surface area (Å²) in [7, 11) is 0. The number of piperazine rings is 1. The third-order valence-corrected chi connectivity index (χ3v) is 6.60. The summed E-state index contributed by atoms with van der Waals surface area (Å²) in [4.78, 5) is 17.5. The van der Waals surface area contributed by atoms with E-state index in [9.17, 15) is 4.79 Å². The molecule has 2 bridgehead atoms. The second kappa shape index (κ2) is 8.92. The lowest BCUT2D eigenvalue weighted by molar-refractivity contribution is -0.139. The predicted molar refractivity (Wildman–Crippen MR) is 110 cm³/mol. The van der Waals surface area contributed by atoms with Gasteiger partial charge in [-0.3, -0.25) is 9.69 Å². The molecule has 0 aromatic heterocycles. The molecule has 2 N–H and O–H groups in total. The number of halogens is 2. The number of nitrogens with zero attached hydrogens (tertiary/aromatic N) is 2. The molecule has 3 aliphatic rings. The number of fused-ring (bicyclic) bond motifs is 2. The molecule has 2 saturated carbocycles. The molecule has 2 aliphatic carbocycles. The van der Waals surface area contributed by atoms with Crippen LogP contribution in [0.4, 0.5) is 0 Å². The molecular weight excluding hydrogens is 369 g/mol. The number of carbonyl (C=O) groups excluding carboxylic acids is 1. The van der Waals surface area contributed by atoms with Crippen LogP contribution in [0.1, 0.15) is 30.4 Å². The fraction of sp³-hybridized carbons (Fsp3) is 0.650. The van der Waals surface area contributed by atoms with Crippen molar-refractivity contribution in [3.8, 4) is 0 Å². The van der Waals surface area contributed by atoms with Gasteiger partial charge in [0.05, 0.1) is 5.92 Å². The van der Waals surface area contributed by atoms with Crippen LogP contribution >= 0.6 is 24.8 Å². The van der Waals surface area contributed by atoms with Gasteiger partial charge in [0.25, 0.3) is 0 Å². The van der Waals surface area contributed by atoms with Crippen LogP contribution < -0.4 is 5.73 Å². The van der Waals surface area contributed by atoms with E-state index in [0.29, 0.717) is 17.7 Å². The maximum Gasteiger partial charge on any atom is 0.227 e. The van der Waals surface area contributed by atoms with Gasteiger partial charge in [0.2, 0.25) is 5.91 Å². The maximum atomic E-state index is 12.9. The standard InChI is InChI=1S/C20H29N3O.2ClH/c1-14-4-2-3-5-17(14)13-22-8-10-23(11-9-22)20(24)18-15-6-7-16(12-15)19(18)21;;/h2-5,15-16,18-19H,6-13,21H2,1H3;2*1H. The molecule has 146 valence electrons. The Hall–Kier alpha value is -0.810. The van der Waals surface area contributed by atoms with Crippen molar-refractivity contribution in [2.75, 3.05) is 26.2 Å². The van der Waals surface area contributed by atoms with Crippen molar-refractivity contribution in [2.24, 2.45) is 23.5 Å². The van der Waals surface area contributed by atoms with E-state index in [0.717, 1.165) is 32.7 Å². The van der Waals surface area contributed by atoms with Crippen LogP contribution in [0.25, 0.3) is 0 Å². The van der Waals surface area contributed by atoms with Gasteiger partial charge in [0.1, 0.15) is 0 Å². The Labute approximate surface area is 169 Å². The average molecular weight is 400 g/mol. The maximum absolute atomic E-state index is 12.9. The van der Waals surface area contributed by atoms with Gasteiger partial charge in [-0.05, 0) is 49.1 Å². The molecule has 4 unspecified atom stereocenters. The predicted octanol–water partition coefficient (Wildman–Crippen LogP) is 2.86. The van der Waals surface area contributed by atoms with Gasteiger partial charge in [0.15, 0.2) is 0 Å². The van der Waals surface area contributed by atoms with Gasteiger partial charge in [-0.1, -0.05) is 24.3 Å². The first-order chi connectivity index (χ1) is 11.6. The molecule has 1 heterocycles. The first-order valence-electron chi connectivity index (χ1n) is 9.44. The van der Waals surface area contributed by atoms with Crippen molar-refractivity contribution < 1.29 is 4.79 Å². The van der Waals surface area contributed by atoms with Gasteiger partial charge in [-0.25, -0.2) is 0 Å². The first kappa shape index (κ1) is 21.5. The topological polar surface area (TPSA) is 49.6 Å². The van der Waals surface area contributed by atoms with E-state index in [1.165, 1.54) is 30.4 Å².